The number of hydrogen-bond donors (Lipinski definition) is 1. The van der Waals surface area contributed by atoms with Gasteiger partial charge < -0.3 is 4.90 Å². The highest BCUT2D eigenvalue weighted by atomic mass is 35.5. The normalized spacial score (nSPS) is 10.2. The minimum absolute atomic E-state index is 0.161. The monoisotopic (exact) mass is 298 g/mol. The first-order chi connectivity index (χ1) is 9.42. The number of para-hydroxylation sites is 1. The van der Waals surface area contributed by atoms with Crippen LogP contribution in [0.25, 0.3) is 0 Å². The summed E-state index contributed by atoms with van der Waals surface area (Å²) in [6.45, 7) is 5.29. The summed E-state index contributed by atoms with van der Waals surface area (Å²) in [6.07, 6.45) is 0. The van der Waals surface area contributed by atoms with Crippen molar-refractivity contribution >= 4 is 29.1 Å². The maximum atomic E-state index is 12.0. The van der Waals surface area contributed by atoms with Crippen LogP contribution < -0.4 is 4.90 Å². The van der Waals surface area contributed by atoms with Crippen LogP contribution in [0.2, 0.25) is 0 Å². The predicted molar refractivity (Wildman–Crippen MR) is 78.2 cm³/mol. The molecule has 0 aromatic heterocycles. The molecular weight excluding hydrogens is 280 g/mol. The molecule has 1 aromatic rings. The van der Waals surface area contributed by atoms with Gasteiger partial charge >= 0.3 is 0 Å². The van der Waals surface area contributed by atoms with Crippen LogP contribution in [0.4, 0.5) is 5.69 Å². The Morgan fingerprint density at radius 1 is 1.20 bits per heavy atom. The number of hydrogen-bond acceptors (Lipinski definition) is 3. The summed E-state index contributed by atoms with van der Waals surface area (Å²) in [5.74, 6) is -1.14. The molecule has 0 radical (unpaired) electrons. The number of halogens is 1. The molecular formula is C14H19ClN2O3. The van der Waals surface area contributed by atoms with E-state index in [4.69, 9.17) is 11.6 Å². The van der Waals surface area contributed by atoms with Gasteiger partial charge in [-0.05, 0) is 31.9 Å². The fraction of sp³-hybridized carbons (Fsp3) is 0.429. The van der Waals surface area contributed by atoms with Gasteiger partial charge in [0.1, 0.15) is 12.4 Å². The fourth-order valence-electron chi connectivity index (χ4n) is 1.99. The summed E-state index contributed by atoms with van der Waals surface area (Å²) >= 11 is 5.62. The zero-order chi connectivity index (χ0) is 15.3. The van der Waals surface area contributed by atoms with E-state index >= 15 is 0 Å². The summed E-state index contributed by atoms with van der Waals surface area (Å²) < 4.78 is 0. The van der Waals surface area contributed by atoms with Crippen LogP contribution >= 0.6 is 11.6 Å². The molecule has 0 bridgehead atoms. The third-order valence-corrected chi connectivity index (χ3v) is 3.23. The number of benzene rings is 1. The molecule has 1 N–H and O–H groups in total. The minimum atomic E-state index is -0.548. The SMILES string of the molecule is CCN(O)C(=O)CN(C(=O)CCl)c1c(C)cccc1C. The van der Waals surface area contributed by atoms with E-state index in [-0.39, 0.29) is 24.9 Å². The number of hydroxylamine groups is 2. The molecule has 2 amide bonds. The molecule has 0 saturated heterocycles. The van der Waals surface area contributed by atoms with Gasteiger partial charge in [0.15, 0.2) is 0 Å². The molecule has 0 saturated carbocycles. The molecule has 5 nitrogen and oxygen atoms in total. The van der Waals surface area contributed by atoms with Crippen molar-refractivity contribution in [2.24, 2.45) is 0 Å². The molecule has 1 rings (SSSR count). The number of anilines is 1. The smallest absolute Gasteiger partial charge is 0.265 e. The van der Waals surface area contributed by atoms with Crippen molar-refractivity contribution in [3.63, 3.8) is 0 Å². The lowest BCUT2D eigenvalue weighted by molar-refractivity contribution is -0.162. The summed E-state index contributed by atoms with van der Waals surface area (Å²) in [6, 6.07) is 5.60. The first kappa shape index (κ1) is 16.5. The van der Waals surface area contributed by atoms with Crippen molar-refractivity contribution in [1.29, 1.82) is 0 Å². The Kier molecular flexibility index (Phi) is 5.98. The van der Waals surface area contributed by atoms with Crippen LogP contribution in [0, 0.1) is 13.8 Å². The van der Waals surface area contributed by atoms with Crippen molar-refractivity contribution in [2.45, 2.75) is 20.8 Å². The average molecular weight is 299 g/mol. The number of likely N-dealkylation sites (N-methyl/N-ethyl adjacent to an activating group) is 1. The first-order valence-corrected chi connectivity index (χ1v) is 6.87. The van der Waals surface area contributed by atoms with Gasteiger partial charge in [0, 0.05) is 6.54 Å². The molecule has 0 aliphatic rings. The van der Waals surface area contributed by atoms with Gasteiger partial charge in [-0.3, -0.25) is 14.8 Å². The quantitative estimate of drug-likeness (QED) is 0.514. The minimum Gasteiger partial charge on any atom is -0.301 e. The maximum Gasteiger partial charge on any atom is 0.265 e. The topological polar surface area (TPSA) is 60.9 Å². The van der Waals surface area contributed by atoms with Gasteiger partial charge in [-0.1, -0.05) is 18.2 Å². The number of aryl methyl sites for hydroxylation is 2. The highest BCUT2D eigenvalue weighted by Gasteiger charge is 2.23. The van der Waals surface area contributed by atoms with E-state index in [0.29, 0.717) is 10.8 Å². The number of carbonyl (C=O) groups is 2. The Hall–Kier alpha value is -1.59. The molecule has 0 aliphatic carbocycles. The maximum absolute atomic E-state index is 12.0. The Bertz CT molecular complexity index is 485. The predicted octanol–water partition coefficient (Wildman–Crippen LogP) is 2.11. The molecule has 0 atom stereocenters. The van der Waals surface area contributed by atoms with E-state index in [1.807, 2.05) is 32.0 Å². The zero-order valence-corrected chi connectivity index (χ0v) is 12.6. The van der Waals surface area contributed by atoms with Gasteiger partial charge in [0.05, 0.1) is 5.69 Å². The molecule has 0 fully saturated rings. The highest BCUT2D eigenvalue weighted by Crippen LogP contribution is 2.25. The second-order valence-electron chi connectivity index (χ2n) is 4.46. The van der Waals surface area contributed by atoms with Crippen molar-refractivity contribution in [1.82, 2.24) is 5.06 Å². The molecule has 110 valence electrons. The Labute approximate surface area is 123 Å². The van der Waals surface area contributed by atoms with Crippen molar-refractivity contribution in [2.75, 3.05) is 23.9 Å². The largest absolute Gasteiger partial charge is 0.301 e. The van der Waals surface area contributed by atoms with Crippen LogP contribution in [0.3, 0.4) is 0 Å². The van der Waals surface area contributed by atoms with Crippen molar-refractivity contribution in [3.8, 4) is 0 Å². The first-order valence-electron chi connectivity index (χ1n) is 6.34. The Morgan fingerprint density at radius 2 is 1.75 bits per heavy atom. The number of nitrogens with zero attached hydrogens (tertiary/aromatic N) is 2. The fourth-order valence-corrected chi connectivity index (χ4v) is 2.13. The van der Waals surface area contributed by atoms with Gasteiger partial charge in [-0.15, -0.1) is 11.6 Å². The summed E-state index contributed by atoms with van der Waals surface area (Å²) in [5.41, 5.74) is 2.41. The van der Waals surface area contributed by atoms with Gasteiger partial charge in [-0.25, -0.2) is 5.06 Å². The molecule has 20 heavy (non-hydrogen) atoms. The number of carbonyl (C=O) groups excluding carboxylic acids is 2. The number of rotatable bonds is 5. The van der Waals surface area contributed by atoms with E-state index in [1.165, 1.54) is 4.90 Å². The van der Waals surface area contributed by atoms with Crippen LogP contribution in [0.15, 0.2) is 18.2 Å². The van der Waals surface area contributed by atoms with Gasteiger partial charge in [0.2, 0.25) is 5.91 Å². The van der Waals surface area contributed by atoms with E-state index in [9.17, 15) is 14.8 Å². The summed E-state index contributed by atoms with van der Waals surface area (Å²) in [7, 11) is 0. The van der Waals surface area contributed by atoms with Gasteiger partial charge in [-0.2, -0.15) is 0 Å². The van der Waals surface area contributed by atoms with Crippen molar-refractivity contribution < 1.29 is 14.8 Å². The van der Waals surface area contributed by atoms with Crippen LogP contribution in [0.5, 0.6) is 0 Å². The molecule has 1 aromatic carbocycles. The lowest BCUT2D eigenvalue weighted by atomic mass is 10.1. The Balaban J connectivity index is 3.14. The average Bonchev–Trinajstić information content (AvgIpc) is 2.43. The third kappa shape index (κ3) is 3.71. The van der Waals surface area contributed by atoms with Crippen molar-refractivity contribution in [3.05, 3.63) is 29.3 Å². The molecule has 0 spiro atoms. The second-order valence-corrected chi connectivity index (χ2v) is 4.73. The lowest BCUT2D eigenvalue weighted by Gasteiger charge is -2.26. The van der Waals surface area contributed by atoms with E-state index in [2.05, 4.69) is 0 Å². The number of alkyl halides is 1. The van der Waals surface area contributed by atoms with Crippen LogP contribution in [0.1, 0.15) is 18.1 Å². The van der Waals surface area contributed by atoms with E-state index < -0.39 is 5.91 Å². The highest BCUT2D eigenvalue weighted by molar-refractivity contribution is 6.29. The molecule has 0 heterocycles. The second kappa shape index (κ2) is 7.26. The van der Waals surface area contributed by atoms with Crippen LogP contribution in [-0.2, 0) is 9.59 Å². The zero-order valence-electron chi connectivity index (χ0n) is 11.9. The lowest BCUT2D eigenvalue weighted by Crippen LogP contribution is -2.43. The molecule has 0 aliphatic heterocycles. The standard InChI is InChI=1S/C14H19ClN2O3/c1-4-17(20)13(19)9-16(12(18)8-15)14-10(2)6-5-7-11(14)3/h5-7,20H,4,8-9H2,1-3H3. The summed E-state index contributed by atoms with van der Waals surface area (Å²) in [5, 5.41) is 10.0. The Morgan fingerprint density at radius 3 is 2.20 bits per heavy atom. The number of amides is 2. The van der Waals surface area contributed by atoms with E-state index in [0.717, 1.165) is 11.1 Å². The third-order valence-electron chi connectivity index (χ3n) is 3.01. The van der Waals surface area contributed by atoms with Gasteiger partial charge in [0.25, 0.3) is 5.91 Å². The van der Waals surface area contributed by atoms with Crippen LogP contribution in [-0.4, -0.2) is 41.1 Å². The summed E-state index contributed by atoms with van der Waals surface area (Å²) in [4.78, 5) is 25.2. The molecule has 6 heteroatoms. The van der Waals surface area contributed by atoms with E-state index in [1.54, 1.807) is 6.92 Å². The molecule has 0 unspecified atom stereocenters.